The van der Waals surface area contributed by atoms with Crippen molar-refractivity contribution in [3.63, 3.8) is 0 Å². The summed E-state index contributed by atoms with van der Waals surface area (Å²) in [5.74, 6) is -1.89. The van der Waals surface area contributed by atoms with Crippen molar-refractivity contribution in [2.75, 3.05) is 14.2 Å². The number of hydrogen-bond donors (Lipinski definition) is 4. The van der Waals surface area contributed by atoms with E-state index < -0.39 is 44.6 Å². The van der Waals surface area contributed by atoms with Crippen molar-refractivity contribution in [1.82, 2.24) is 15.6 Å². The molecule has 0 unspecified atom stereocenters. The van der Waals surface area contributed by atoms with Crippen LogP contribution in [0.1, 0.15) is 26.3 Å². The van der Waals surface area contributed by atoms with Gasteiger partial charge < -0.3 is 0 Å². The number of halogens is 1. The van der Waals surface area contributed by atoms with Crippen molar-refractivity contribution in [1.29, 1.82) is 0 Å². The van der Waals surface area contributed by atoms with Gasteiger partial charge in [0, 0.05) is 0 Å². The molecule has 1 aromatic heterocycles. The predicted molar refractivity (Wildman–Crippen MR) is 138 cm³/mol. The van der Waals surface area contributed by atoms with Crippen LogP contribution in [0, 0.1) is 5.82 Å². The number of aromatic amines is 1. The maximum absolute atomic E-state index is 15.0. The Bertz CT molecular complexity index is 1470. The summed E-state index contributed by atoms with van der Waals surface area (Å²) < 4.78 is 21.2. The second kappa shape index (κ2) is 11.3. The molecule has 10 heteroatoms. The van der Waals surface area contributed by atoms with E-state index in [0.29, 0.717) is 25.4 Å². The molecule has 0 bridgehead atoms. The molecule has 0 saturated carbocycles. The van der Waals surface area contributed by atoms with E-state index in [2.05, 4.69) is 15.6 Å². The van der Waals surface area contributed by atoms with E-state index in [4.69, 9.17) is 4.74 Å². The fourth-order valence-electron chi connectivity index (χ4n) is 3.84. The Balaban J connectivity index is 1.60. The van der Waals surface area contributed by atoms with Crippen LogP contribution in [-0.2, 0) is 16.0 Å². The van der Waals surface area contributed by atoms with Crippen LogP contribution in [0.4, 0.5) is 4.39 Å². The SMILES string of the molecule is CNC(=O)c1cc(F)c2c([Se]c3ccccc3C(=O)N[C@@H](Cc3ccc(O)cc3)C(=O)OC)c[nH]c2c1. The maximum atomic E-state index is 15.0. The molecule has 0 fully saturated rings. The number of aromatic hydroxyl groups is 1. The van der Waals surface area contributed by atoms with Gasteiger partial charge in [-0.3, -0.25) is 0 Å². The van der Waals surface area contributed by atoms with Crippen molar-refractivity contribution in [3.05, 3.63) is 89.4 Å². The van der Waals surface area contributed by atoms with E-state index in [-0.39, 0.29) is 17.7 Å². The molecular formula is C27H24FN3O5Se. The summed E-state index contributed by atoms with van der Waals surface area (Å²) in [7, 11) is 2.72. The molecule has 4 N–H and O–H groups in total. The number of phenolic OH excluding ortho intramolecular Hbond substituents is 1. The normalized spacial score (nSPS) is 11.6. The van der Waals surface area contributed by atoms with Gasteiger partial charge in [0.15, 0.2) is 0 Å². The Morgan fingerprint density at radius 1 is 1.05 bits per heavy atom. The molecule has 8 nitrogen and oxygen atoms in total. The minimum absolute atomic E-state index is 0.0946. The molecule has 4 rings (SSSR count). The van der Waals surface area contributed by atoms with E-state index in [1.165, 1.54) is 32.4 Å². The van der Waals surface area contributed by atoms with Crippen LogP contribution >= 0.6 is 0 Å². The Hall–Kier alpha value is -4.14. The molecule has 0 spiro atoms. The third-order valence-corrected chi connectivity index (χ3v) is 8.05. The van der Waals surface area contributed by atoms with Crippen LogP contribution in [0.3, 0.4) is 0 Å². The molecule has 0 saturated heterocycles. The molecule has 1 atom stereocenters. The van der Waals surface area contributed by atoms with Crippen molar-refractivity contribution in [2.45, 2.75) is 12.5 Å². The second-order valence-corrected chi connectivity index (χ2v) is 10.4. The van der Waals surface area contributed by atoms with Gasteiger partial charge in [-0.1, -0.05) is 0 Å². The number of carbonyl (C=O) groups excluding carboxylic acids is 3. The molecule has 1 heterocycles. The molecule has 0 aliphatic rings. The van der Waals surface area contributed by atoms with Crippen molar-refractivity contribution >= 4 is 52.6 Å². The first kappa shape index (κ1) is 25.9. The summed E-state index contributed by atoms with van der Waals surface area (Å²) in [6, 6.07) is 15.1. The molecule has 0 aliphatic carbocycles. The molecule has 4 aromatic rings. The zero-order valence-corrected chi connectivity index (χ0v) is 21.7. The molecule has 0 radical (unpaired) electrons. The van der Waals surface area contributed by atoms with E-state index in [9.17, 15) is 23.9 Å². The number of aromatic nitrogens is 1. The van der Waals surface area contributed by atoms with Crippen molar-refractivity contribution in [2.24, 2.45) is 0 Å². The number of benzene rings is 3. The number of rotatable bonds is 8. The number of esters is 1. The van der Waals surface area contributed by atoms with E-state index in [1.807, 2.05) is 0 Å². The number of nitrogens with one attached hydrogen (secondary N) is 3. The third-order valence-electron chi connectivity index (χ3n) is 5.70. The first-order chi connectivity index (χ1) is 17.8. The number of amides is 2. The Morgan fingerprint density at radius 2 is 1.78 bits per heavy atom. The van der Waals surface area contributed by atoms with Gasteiger partial charge in [-0.25, -0.2) is 0 Å². The van der Waals surface area contributed by atoms with Crippen molar-refractivity contribution < 1.29 is 28.6 Å². The van der Waals surface area contributed by atoms with Gasteiger partial charge in [-0.05, 0) is 0 Å². The zero-order valence-electron chi connectivity index (χ0n) is 20.0. The number of H-pyrrole nitrogens is 1. The molecule has 37 heavy (non-hydrogen) atoms. The average Bonchev–Trinajstić information content (AvgIpc) is 3.31. The van der Waals surface area contributed by atoms with Gasteiger partial charge in [-0.2, -0.15) is 0 Å². The van der Waals surface area contributed by atoms with Crippen LogP contribution in [0.2, 0.25) is 0 Å². The van der Waals surface area contributed by atoms with Crippen LogP contribution in [0.15, 0.2) is 66.9 Å². The number of hydrogen-bond acceptors (Lipinski definition) is 5. The fraction of sp³-hybridized carbons (Fsp3) is 0.148. The monoisotopic (exact) mass is 569 g/mol. The molecule has 3 aromatic carbocycles. The molecular weight excluding hydrogens is 544 g/mol. The molecule has 190 valence electrons. The average molecular weight is 568 g/mol. The topological polar surface area (TPSA) is 121 Å². The van der Waals surface area contributed by atoms with Crippen molar-refractivity contribution in [3.8, 4) is 5.75 Å². The first-order valence-corrected chi connectivity index (χ1v) is 13.0. The summed E-state index contributed by atoms with van der Waals surface area (Å²) in [5, 5.41) is 15.1. The number of ether oxygens (including phenoxy) is 1. The Morgan fingerprint density at radius 3 is 2.49 bits per heavy atom. The van der Waals surface area contributed by atoms with Gasteiger partial charge in [0.25, 0.3) is 0 Å². The second-order valence-electron chi connectivity index (χ2n) is 8.13. The van der Waals surface area contributed by atoms with Gasteiger partial charge in [0.2, 0.25) is 0 Å². The summed E-state index contributed by atoms with van der Waals surface area (Å²) in [6.45, 7) is 0. The van der Waals surface area contributed by atoms with Gasteiger partial charge >= 0.3 is 219 Å². The van der Waals surface area contributed by atoms with Crippen LogP contribution in [-0.4, -0.2) is 63.0 Å². The Labute approximate surface area is 218 Å². The fourth-order valence-corrected chi connectivity index (χ4v) is 6.11. The summed E-state index contributed by atoms with van der Waals surface area (Å²) in [4.78, 5) is 40.7. The summed E-state index contributed by atoms with van der Waals surface area (Å²) in [6.07, 6.45) is 1.85. The molecule has 0 aliphatic heterocycles. The van der Waals surface area contributed by atoms with Crippen LogP contribution in [0.5, 0.6) is 5.75 Å². The Kier molecular flexibility index (Phi) is 7.91. The number of methoxy groups -OCH3 is 1. The zero-order chi connectivity index (χ0) is 26.5. The van der Waals surface area contributed by atoms with Gasteiger partial charge in [0.1, 0.15) is 0 Å². The van der Waals surface area contributed by atoms with E-state index in [1.54, 1.807) is 48.7 Å². The quantitative estimate of drug-likeness (QED) is 0.190. The number of fused-ring (bicyclic) bond motifs is 1. The minimum atomic E-state index is -0.948. The van der Waals surface area contributed by atoms with E-state index in [0.717, 1.165) is 5.56 Å². The number of carbonyl (C=O) groups is 3. The predicted octanol–water partition coefficient (Wildman–Crippen LogP) is 1.54. The van der Waals surface area contributed by atoms with E-state index >= 15 is 0 Å². The standard InChI is InChI=1S/C27H24FN3O5Se/c1-29-25(33)16-12-19(28)24-20(13-16)30-14-23(24)37-22-6-4-3-5-18(22)26(34)31-21(27(35)36-2)11-15-7-9-17(32)10-8-15/h3-10,12-14,21,30,32H,11H2,1-2H3,(H,29,33)(H,31,34)/t21-/m0/s1. The van der Waals surface area contributed by atoms with Gasteiger partial charge in [-0.15, -0.1) is 0 Å². The van der Waals surface area contributed by atoms with Crippen LogP contribution in [0.25, 0.3) is 10.9 Å². The third kappa shape index (κ3) is 5.82. The summed E-state index contributed by atoms with van der Waals surface area (Å²) >= 11 is -0.473. The number of phenols is 1. The molecule has 2 amide bonds. The van der Waals surface area contributed by atoms with Gasteiger partial charge in [0.05, 0.1) is 0 Å². The van der Waals surface area contributed by atoms with Crippen LogP contribution < -0.4 is 19.6 Å². The first-order valence-electron chi connectivity index (χ1n) is 11.3. The summed E-state index contributed by atoms with van der Waals surface area (Å²) in [5.41, 5.74) is 1.78.